The third-order valence-corrected chi connectivity index (χ3v) is 2.82. The first-order valence-electron chi connectivity index (χ1n) is 6.18. The van der Waals surface area contributed by atoms with Crippen LogP contribution >= 0.6 is 0 Å². The molecule has 1 atom stereocenters. The molecule has 2 nitrogen and oxygen atoms in total. The van der Waals surface area contributed by atoms with Crippen LogP contribution in [0.15, 0.2) is 24.0 Å². The van der Waals surface area contributed by atoms with Gasteiger partial charge >= 0.3 is 0 Å². The number of ketones is 1. The Hall–Kier alpha value is -1.05. The molecule has 0 aromatic carbocycles. The van der Waals surface area contributed by atoms with E-state index in [-0.39, 0.29) is 5.78 Å². The van der Waals surface area contributed by atoms with Gasteiger partial charge in [0, 0.05) is 23.9 Å². The molecule has 0 aromatic heterocycles. The zero-order valence-electron chi connectivity index (χ0n) is 11.1. The van der Waals surface area contributed by atoms with Crippen molar-refractivity contribution in [1.29, 1.82) is 0 Å². The summed E-state index contributed by atoms with van der Waals surface area (Å²) in [6, 6.07) is 0. The summed E-state index contributed by atoms with van der Waals surface area (Å²) in [5.74, 6) is 0.641. The van der Waals surface area contributed by atoms with Gasteiger partial charge in [-0.15, -0.1) is 0 Å². The molecule has 0 rings (SSSR count). The van der Waals surface area contributed by atoms with E-state index in [9.17, 15) is 4.79 Å². The summed E-state index contributed by atoms with van der Waals surface area (Å²) in [6.07, 6.45) is 5.91. The first-order valence-corrected chi connectivity index (χ1v) is 6.18. The lowest BCUT2D eigenvalue weighted by Gasteiger charge is -2.14. The first kappa shape index (κ1) is 14.9. The lowest BCUT2D eigenvalue weighted by atomic mass is 10.0. The van der Waals surface area contributed by atoms with E-state index >= 15 is 0 Å². The predicted octanol–water partition coefficient (Wildman–Crippen LogP) is 3.80. The second-order valence-electron chi connectivity index (χ2n) is 4.32. The van der Waals surface area contributed by atoms with Crippen LogP contribution < -0.4 is 5.32 Å². The molecule has 0 saturated heterocycles. The van der Waals surface area contributed by atoms with Gasteiger partial charge in [0.2, 0.25) is 0 Å². The Morgan fingerprint density at radius 2 is 2.06 bits per heavy atom. The summed E-state index contributed by atoms with van der Waals surface area (Å²) in [6.45, 7) is 12.1. The van der Waals surface area contributed by atoms with Crippen molar-refractivity contribution in [2.45, 2.75) is 53.4 Å². The van der Waals surface area contributed by atoms with Crippen molar-refractivity contribution >= 4 is 5.78 Å². The van der Waals surface area contributed by atoms with Gasteiger partial charge in [-0.05, 0) is 19.3 Å². The number of rotatable bonds is 8. The fraction of sp³-hybridized carbons (Fsp3) is 0.643. The highest BCUT2D eigenvalue weighted by Crippen LogP contribution is 2.14. The van der Waals surface area contributed by atoms with E-state index in [2.05, 4.69) is 25.7 Å². The van der Waals surface area contributed by atoms with E-state index < -0.39 is 0 Å². The molecule has 0 aromatic rings. The van der Waals surface area contributed by atoms with Crippen LogP contribution in [0, 0.1) is 5.92 Å². The van der Waals surface area contributed by atoms with Crippen LogP contribution in [0.1, 0.15) is 53.4 Å². The standard InChI is InChI=1S/C14H25NO/c1-6-8-9-11(3)13(5)15-10-12(4)14(16)7-2/h10-11,15H,5-9H2,1-4H3/b12-10+. The molecule has 0 radical (unpaired) electrons. The number of carbonyl (C=O) groups is 1. The molecule has 0 heterocycles. The Morgan fingerprint density at radius 1 is 1.44 bits per heavy atom. The SMILES string of the molecule is C=C(N/C=C(\C)C(=O)CC)C(C)CCCC. The van der Waals surface area contributed by atoms with Crippen LogP contribution in [0.5, 0.6) is 0 Å². The molecule has 0 amide bonds. The van der Waals surface area contributed by atoms with E-state index in [1.807, 2.05) is 13.8 Å². The second-order valence-corrected chi connectivity index (χ2v) is 4.32. The molecule has 92 valence electrons. The normalized spacial score (nSPS) is 13.4. The number of carbonyl (C=O) groups excluding carboxylic acids is 1. The molecular formula is C14H25NO. The van der Waals surface area contributed by atoms with Crippen LogP contribution in [-0.4, -0.2) is 5.78 Å². The molecule has 0 spiro atoms. The van der Waals surface area contributed by atoms with Gasteiger partial charge in [0.1, 0.15) is 0 Å². The van der Waals surface area contributed by atoms with Crippen LogP contribution in [0.2, 0.25) is 0 Å². The average molecular weight is 223 g/mol. The topological polar surface area (TPSA) is 29.1 Å². The minimum Gasteiger partial charge on any atom is -0.365 e. The van der Waals surface area contributed by atoms with Crippen molar-refractivity contribution in [2.75, 3.05) is 0 Å². The van der Waals surface area contributed by atoms with Crippen molar-refractivity contribution in [3.05, 3.63) is 24.0 Å². The van der Waals surface area contributed by atoms with Crippen molar-refractivity contribution in [3.8, 4) is 0 Å². The number of unbranched alkanes of at least 4 members (excludes halogenated alkanes) is 1. The third-order valence-electron chi connectivity index (χ3n) is 2.82. The fourth-order valence-corrected chi connectivity index (χ4v) is 1.39. The van der Waals surface area contributed by atoms with Gasteiger partial charge in [-0.2, -0.15) is 0 Å². The Balaban J connectivity index is 4.09. The highest BCUT2D eigenvalue weighted by molar-refractivity contribution is 5.94. The third kappa shape index (κ3) is 5.74. The molecule has 0 aliphatic rings. The van der Waals surface area contributed by atoms with Crippen LogP contribution in [0.4, 0.5) is 0 Å². The maximum Gasteiger partial charge on any atom is 0.159 e. The first-order chi connectivity index (χ1) is 7.52. The van der Waals surface area contributed by atoms with Crippen LogP contribution in [0.3, 0.4) is 0 Å². The van der Waals surface area contributed by atoms with E-state index in [4.69, 9.17) is 0 Å². The molecule has 2 heteroatoms. The molecule has 1 N–H and O–H groups in total. The zero-order chi connectivity index (χ0) is 12.6. The maximum atomic E-state index is 11.3. The predicted molar refractivity (Wildman–Crippen MR) is 70.0 cm³/mol. The Labute approximate surface area is 99.8 Å². The Morgan fingerprint density at radius 3 is 2.56 bits per heavy atom. The molecule has 0 saturated carbocycles. The van der Waals surface area contributed by atoms with Gasteiger partial charge in [-0.1, -0.05) is 40.2 Å². The van der Waals surface area contributed by atoms with Gasteiger partial charge in [0.05, 0.1) is 0 Å². The fourth-order valence-electron chi connectivity index (χ4n) is 1.39. The Bertz CT molecular complexity index is 266. The minimum atomic E-state index is 0.182. The number of hydrogen-bond donors (Lipinski definition) is 1. The number of hydrogen-bond acceptors (Lipinski definition) is 2. The van der Waals surface area contributed by atoms with Gasteiger partial charge in [-0.3, -0.25) is 4.79 Å². The van der Waals surface area contributed by atoms with Gasteiger partial charge in [0.25, 0.3) is 0 Å². The lowest BCUT2D eigenvalue weighted by Crippen LogP contribution is -2.13. The van der Waals surface area contributed by atoms with Gasteiger partial charge < -0.3 is 5.32 Å². The highest BCUT2D eigenvalue weighted by atomic mass is 16.1. The number of allylic oxidation sites excluding steroid dienone is 2. The maximum absolute atomic E-state index is 11.3. The molecule has 0 bridgehead atoms. The van der Waals surface area contributed by atoms with Crippen molar-refractivity contribution in [2.24, 2.45) is 5.92 Å². The molecule has 1 unspecified atom stereocenters. The number of nitrogens with one attached hydrogen (secondary N) is 1. The summed E-state index contributed by atoms with van der Waals surface area (Å²) in [5.41, 5.74) is 1.77. The van der Waals surface area contributed by atoms with Crippen LogP contribution in [-0.2, 0) is 4.79 Å². The van der Waals surface area contributed by atoms with Crippen LogP contribution in [0.25, 0.3) is 0 Å². The minimum absolute atomic E-state index is 0.182. The quantitative estimate of drug-likeness (QED) is 0.634. The van der Waals surface area contributed by atoms with E-state index in [1.165, 1.54) is 12.8 Å². The summed E-state index contributed by atoms with van der Waals surface area (Å²) < 4.78 is 0. The van der Waals surface area contributed by atoms with Crippen molar-refractivity contribution in [1.82, 2.24) is 5.32 Å². The highest BCUT2D eigenvalue weighted by Gasteiger charge is 2.05. The van der Waals surface area contributed by atoms with E-state index in [0.29, 0.717) is 12.3 Å². The summed E-state index contributed by atoms with van der Waals surface area (Å²) in [5, 5.41) is 3.13. The molecular weight excluding hydrogens is 198 g/mol. The lowest BCUT2D eigenvalue weighted by molar-refractivity contribution is -0.115. The molecule has 0 aliphatic carbocycles. The summed E-state index contributed by atoms with van der Waals surface area (Å²) in [7, 11) is 0. The smallest absolute Gasteiger partial charge is 0.159 e. The molecule has 0 aliphatic heterocycles. The largest absolute Gasteiger partial charge is 0.365 e. The van der Waals surface area contributed by atoms with E-state index in [0.717, 1.165) is 17.7 Å². The molecule has 0 fully saturated rings. The zero-order valence-corrected chi connectivity index (χ0v) is 11.1. The summed E-state index contributed by atoms with van der Waals surface area (Å²) in [4.78, 5) is 11.3. The molecule has 16 heavy (non-hydrogen) atoms. The average Bonchev–Trinajstić information content (AvgIpc) is 2.31. The monoisotopic (exact) mass is 223 g/mol. The van der Waals surface area contributed by atoms with E-state index in [1.54, 1.807) is 6.20 Å². The second kappa shape index (κ2) is 8.14. The van der Waals surface area contributed by atoms with Crippen molar-refractivity contribution < 1.29 is 4.79 Å². The Kier molecular flexibility index (Phi) is 7.61. The number of Topliss-reactive ketones (excluding diaryl/α,β-unsaturated/α-hetero) is 1. The van der Waals surface area contributed by atoms with Crippen molar-refractivity contribution in [3.63, 3.8) is 0 Å². The summed E-state index contributed by atoms with van der Waals surface area (Å²) >= 11 is 0. The van der Waals surface area contributed by atoms with Gasteiger partial charge in [-0.25, -0.2) is 0 Å². The van der Waals surface area contributed by atoms with Gasteiger partial charge in [0.15, 0.2) is 5.78 Å².